The lowest BCUT2D eigenvalue weighted by Crippen LogP contribution is -2.24. The van der Waals surface area contributed by atoms with Gasteiger partial charge in [-0.1, -0.05) is 13.8 Å². The maximum absolute atomic E-state index is 2.46. The molecule has 64 valence electrons. The fourth-order valence-corrected chi connectivity index (χ4v) is 3.89. The molecule has 1 atom stereocenters. The molecule has 0 amide bonds. The first kappa shape index (κ1) is 7.97. The highest BCUT2D eigenvalue weighted by Crippen LogP contribution is 2.48. The Morgan fingerprint density at radius 1 is 1.27 bits per heavy atom. The van der Waals surface area contributed by atoms with Crippen molar-refractivity contribution >= 4 is 11.8 Å². The molecular formula is C10H18S. The zero-order chi connectivity index (χ0) is 7.90. The number of rotatable bonds is 0. The van der Waals surface area contributed by atoms with Crippen LogP contribution in [0.3, 0.4) is 0 Å². The van der Waals surface area contributed by atoms with Gasteiger partial charge in [-0.2, -0.15) is 11.8 Å². The van der Waals surface area contributed by atoms with Gasteiger partial charge in [-0.25, -0.2) is 0 Å². The van der Waals surface area contributed by atoms with E-state index in [1.54, 1.807) is 0 Å². The molecule has 0 aromatic heterocycles. The van der Waals surface area contributed by atoms with Crippen LogP contribution < -0.4 is 0 Å². The molecule has 2 bridgehead atoms. The summed E-state index contributed by atoms with van der Waals surface area (Å²) >= 11 is 2.24. The predicted molar refractivity (Wildman–Crippen MR) is 52.0 cm³/mol. The Balaban J connectivity index is 2.14. The van der Waals surface area contributed by atoms with Gasteiger partial charge in [0, 0.05) is 4.75 Å². The van der Waals surface area contributed by atoms with Crippen LogP contribution in [0, 0.1) is 11.8 Å². The average Bonchev–Trinajstić information content (AvgIpc) is 2.21. The molecule has 0 aromatic carbocycles. The average molecular weight is 170 g/mol. The molecule has 0 N–H and O–H groups in total. The Bertz CT molecular complexity index is 145. The second-order valence-corrected chi connectivity index (χ2v) is 6.18. The van der Waals surface area contributed by atoms with Crippen LogP contribution in [-0.4, -0.2) is 10.5 Å². The molecule has 3 rings (SSSR count). The summed E-state index contributed by atoms with van der Waals surface area (Å²) in [7, 11) is 0. The van der Waals surface area contributed by atoms with Crippen molar-refractivity contribution in [3.05, 3.63) is 0 Å². The van der Waals surface area contributed by atoms with E-state index in [-0.39, 0.29) is 0 Å². The Morgan fingerprint density at radius 3 is 2.55 bits per heavy atom. The topological polar surface area (TPSA) is 0 Å². The molecule has 1 aliphatic carbocycles. The van der Waals surface area contributed by atoms with Gasteiger partial charge in [0.2, 0.25) is 0 Å². The minimum Gasteiger partial charge on any atom is -0.155 e. The summed E-state index contributed by atoms with van der Waals surface area (Å²) in [5, 5.41) is 0. The molecule has 3 aliphatic rings. The fraction of sp³-hybridized carbons (Fsp3) is 1.00. The van der Waals surface area contributed by atoms with Crippen LogP contribution in [-0.2, 0) is 0 Å². The summed E-state index contributed by atoms with van der Waals surface area (Å²) in [5.74, 6) is 3.48. The lowest BCUT2D eigenvalue weighted by molar-refractivity contribution is 0.268. The molecule has 2 saturated heterocycles. The third-order valence-electron chi connectivity index (χ3n) is 3.59. The van der Waals surface area contributed by atoms with E-state index in [0.29, 0.717) is 4.75 Å². The van der Waals surface area contributed by atoms with Crippen molar-refractivity contribution in [2.24, 2.45) is 11.8 Å². The first-order chi connectivity index (χ1) is 5.20. The van der Waals surface area contributed by atoms with E-state index < -0.39 is 0 Å². The van der Waals surface area contributed by atoms with Crippen LogP contribution in [0.5, 0.6) is 0 Å². The summed E-state index contributed by atoms with van der Waals surface area (Å²) in [6.07, 6.45) is 5.97. The van der Waals surface area contributed by atoms with Crippen LogP contribution >= 0.6 is 11.8 Å². The van der Waals surface area contributed by atoms with Crippen molar-refractivity contribution in [3.8, 4) is 0 Å². The minimum absolute atomic E-state index is 0.668. The minimum atomic E-state index is 0.668. The second kappa shape index (κ2) is 2.69. The van der Waals surface area contributed by atoms with E-state index in [2.05, 4.69) is 25.6 Å². The zero-order valence-corrected chi connectivity index (χ0v) is 8.41. The van der Waals surface area contributed by atoms with E-state index in [1.165, 1.54) is 31.4 Å². The molecule has 2 heterocycles. The largest absolute Gasteiger partial charge is 0.155 e. The fourth-order valence-electron chi connectivity index (χ4n) is 2.43. The highest BCUT2D eigenvalue weighted by atomic mass is 32.2. The van der Waals surface area contributed by atoms with Crippen LogP contribution in [0.15, 0.2) is 0 Å². The van der Waals surface area contributed by atoms with Crippen LogP contribution in [0.25, 0.3) is 0 Å². The van der Waals surface area contributed by atoms with Crippen LogP contribution in [0.2, 0.25) is 0 Å². The predicted octanol–water partition coefficient (Wildman–Crippen LogP) is 3.32. The number of hydrogen-bond donors (Lipinski definition) is 0. The van der Waals surface area contributed by atoms with Crippen molar-refractivity contribution in [2.45, 2.75) is 44.3 Å². The van der Waals surface area contributed by atoms with Gasteiger partial charge >= 0.3 is 0 Å². The number of fused-ring (bicyclic) bond motifs is 4. The van der Waals surface area contributed by atoms with E-state index in [9.17, 15) is 0 Å². The molecular weight excluding hydrogens is 152 g/mol. The Labute approximate surface area is 74.1 Å². The summed E-state index contributed by atoms with van der Waals surface area (Å²) in [6.45, 7) is 4.90. The van der Waals surface area contributed by atoms with Gasteiger partial charge in [0.25, 0.3) is 0 Å². The molecule has 3 fully saturated rings. The lowest BCUT2D eigenvalue weighted by atomic mass is 9.77. The molecule has 2 aliphatic heterocycles. The van der Waals surface area contributed by atoms with Gasteiger partial charge < -0.3 is 0 Å². The highest BCUT2D eigenvalue weighted by Gasteiger charge is 2.37. The van der Waals surface area contributed by atoms with Gasteiger partial charge in [0.15, 0.2) is 0 Å². The molecule has 11 heavy (non-hydrogen) atoms. The van der Waals surface area contributed by atoms with Crippen molar-refractivity contribution in [3.63, 3.8) is 0 Å². The summed E-state index contributed by atoms with van der Waals surface area (Å²) in [5.41, 5.74) is 0. The third-order valence-corrected chi connectivity index (χ3v) is 5.38. The van der Waals surface area contributed by atoms with Gasteiger partial charge in [-0.15, -0.1) is 0 Å². The van der Waals surface area contributed by atoms with Crippen LogP contribution in [0.4, 0.5) is 0 Å². The van der Waals surface area contributed by atoms with Gasteiger partial charge in [0.05, 0.1) is 0 Å². The SMILES string of the molecule is C[C@H]1CSC2(C)CCC1CC2. The van der Waals surface area contributed by atoms with Gasteiger partial charge in [-0.05, 0) is 43.3 Å². The van der Waals surface area contributed by atoms with E-state index >= 15 is 0 Å². The van der Waals surface area contributed by atoms with E-state index in [1.807, 2.05) is 0 Å². The Kier molecular flexibility index (Phi) is 1.95. The molecule has 1 heteroatoms. The van der Waals surface area contributed by atoms with Crippen LogP contribution in [0.1, 0.15) is 39.5 Å². The lowest BCUT2D eigenvalue weighted by Gasteiger charge is -2.32. The standard InChI is InChI=1S/C10H18S/c1-8-7-11-10(2)5-3-9(8)4-6-10/h8-9H,3-7H2,1-2H3/t8-,9?,10?/m0/s1. The zero-order valence-electron chi connectivity index (χ0n) is 7.60. The van der Waals surface area contributed by atoms with Gasteiger partial charge in [-0.3, -0.25) is 0 Å². The molecule has 0 radical (unpaired) electrons. The molecule has 0 unspecified atom stereocenters. The maximum Gasteiger partial charge on any atom is 0.0132 e. The first-order valence-electron chi connectivity index (χ1n) is 4.84. The molecule has 0 nitrogen and oxygen atoms in total. The van der Waals surface area contributed by atoms with E-state index in [0.717, 1.165) is 11.8 Å². The van der Waals surface area contributed by atoms with E-state index in [4.69, 9.17) is 0 Å². The first-order valence-corrected chi connectivity index (χ1v) is 5.82. The monoisotopic (exact) mass is 170 g/mol. The summed E-state index contributed by atoms with van der Waals surface area (Å²) in [6, 6.07) is 0. The molecule has 1 saturated carbocycles. The summed E-state index contributed by atoms with van der Waals surface area (Å²) in [4.78, 5) is 0. The van der Waals surface area contributed by atoms with Crippen molar-refractivity contribution in [2.75, 3.05) is 5.75 Å². The summed E-state index contributed by atoms with van der Waals surface area (Å²) < 4.78 is 0.668. The second-order valence-electron chi connectivity index (χ2n) is 4.58. The number of thioether (sulfide) groups is 1. The maximum atomic E-state index is 2.46. The Morgan fingerprint density at radius 2 is 1.91 bits per heavy atom. The van der Waals surface area contributed by atoms with Gasteiger partial charge in [0.1, 0.15) is 0 Å². The smallest absolute Gasteiger partial charge is 0.0132 e. The van der Waals surface area contributed by atoms with Crippen molar-refractivity contribution in [1.82, 2.24) is 0 Å². The highest BCUT2D eigenvalue weighted by molar-refractivity contribution is 8.00. The van der Waals surface area contributed by atoms with Crippen molar-refractivity contribution in [1.29, 1.82) is 0 Å². The van der Waals surface area contributed by atoms with Crippen molar-refractivity contribution < 1.29 is 0 Å². The quantitative estimate of drug-likeness (QED) is 0.537. The molecule has 0 spiro atoms. The normalized spacial score (nSPS) is 50.7. The third kappa shape index (κ3) is 1.44. The molecule has 0 aromatic rings. The number of hydrogen-bond acceptors (Lipinski definition) is 1. The Hall–Kier alpha value is 0.350.